The highest BCUT2D eigenvalue weighted by Crippen LogP contribution is 2.21. The fourth-order valence-electron chi connectivity index (χ4n) is 2.53. The summed E-state index contributed by atoms with van der Waals surface area (Å²) in [6.07, 6.45) is 0.0375. The van der Waals surface area contributed by atoms with Crippen molar-refractivity contribution in [2.45, 2.75) is 25.1 Å². The lowest BCUT2D eigenvalue weighted by Gasteiger charge is -2.11. The third kappa shape index (κ3) is 4.31. The Bertz CT molecular complexity index is 643. The van der Waals surface area contributed by atoms with E-state index >= 15 is 0 Å². The highest BCUT2D eigenvalue weighted by molar-refractivity contribution is 5.82. The molecule has 1 aliphatic heterocycles. The fraction of sp³-hybridized carbons (Fsp3) is 0.278. The number of carbonyl (C=O) groups is 1. The molecule has 0 aromatic heterocycles. The largest absolute Gasteiger partial charge is 0.457 e. The Hall–Kier alpha value is -2.37. The highest BCUT2D eigenvalue weighted by atomic mass is 16.5. The molecule has 1 amide bonds. The Morgan fingerprint density at radius 3 is 2.48 bits per heavy atom. The van der Waals surface area contributed by atoms with Gasteiger partial charge in [0.2, 0.25) is 5.91 Å². The summed E-state index contributed by atoms with van der Waals surface area (Å²) in [6.45, 7) is 0.933. The van der Waals surface area contributed by atoms with Crippen LogP contribution in [0.2, 0.25) is 0 Å². The molecule has 120 valence electrons. The van der Waals surface area contributed by atoms with Crippen molar-refractivity contribution >= 4 is 5.91 Å². The Morgan fingerprint density at radius 2 is 1.83 bits per heavy atom. The van der Waals surface area contributed by atoms with Gasteiger partial charge in [0.1, 0.15) is 11.5 Å². The highest BCUT2D eigenvalue weighted by Gasteiger charge is 2.27. The summed E-state index contributed by atoms with van der Waals surface area (Å²) in [6, 6.07) is 16.9. The second kappa shape index (κ2) is 7.26. The number of amides is 1. The van der Waals surface area contributed by atoms with Crippen molar-refractivity contribution in [3.8, 4) is 11.5 Å². The van der Waals surface area contributed by atoms with Crippen LogP contribution in [-0.2, 0) is 11.3 Å². The van der Waals surface area contributed by atoms with Gasteiger partial charge in [0, 0.05) is 13.1 Å². The lowest BCUT2D eigenvalue weighted by molar-refractivity contribution is -0.123. The molecule has 0 radical (unpaired) electrons. The quantitative estimate of drug-likeness (QED) is 0.787. The van der Waals surface area contributed by atoms with Gasteiger partial charge in [-0.05, 0) is 36.2 Å². The lowest BCUT2D eigenvalue weighted by Crippen LogP contribution is -2.39. The molecule has 1 aliphatic rings. The standard InChI is InChI=1S/C18H20N2O3/c21-14-10-17(19-12-14)18(22)20-11-13-6-8-16(9-7-13)23-15-4-2-1-3-5-15/h1-9,14,17,19,21H,10-12H2,(H,20,22)/t14-,17+/m0/s1. The normalized spacial score (nSPS) is 20.2. The molecule has 23 heavy (non-hydrogen) atoms. The van der Waals surface area contributed by atoms with Gasteiger partial charge in [-0.15, -0.1) is 0 Å². The predicted octanol–water partition coefficient (Wildman–Crippen LogP) is 1.82. The van der Waals surface area contributed by atoms with Crippen LogP contribution in [-0.4, -0.2) is 29.7 Å². The van der Waals surface area contributed by atoms with Crippen molar-refractivity contribution in [3.63, 3.8) is 0 Å². The number of ether oxygens (including phenoxy) is 1. The first-order chi connectivity index (χ1) is 11.2. The minimum atomic E-state index is -0.430. The van der Waals surface area contributed by atoms with Crippen LogP contribution in [0.15, 0.2) is 54.6 Å². The number of benzene rings is 2. The summed E-state index contributed by atoms with van der Waals surface area (Å²) in [7, 11) is 0. The van der Waals surface area contributed by atoms with E-state index in [1.54, 1.807) is 0 Å². The van der Waals surface area contributed by atoms with Crippen molar-refractivity contribution in [2.24, 2.45) is 0 Å². The van der Waals surface area contributed by atoms with Crippen molar-refractivity contribution in [2.75, 3.05) is 6.54 Å². The SMILES string of the molecule is O=C(NCc1ccc(Oc2ccccc2)cc1)[C@H]1C[C@H](O)CN1. The van der Waals surface area contributed by atoms with Crippen LogP contribution < -0.4 is 15.4 Å². The van der Waals surface area contributed by atoms with E-state index < -0.39 is 6.10 Å². The number of hydrogen-bond donors (Lipinski definition) is 3. The third-order valence-corrected chi connectivity index (χ3v) is 3.79. The average Bonchev–Trinajstić information content (AvgIpc) is 3.01. The van der Waals surface area contributed by atoms with Crippen LogP contribution in [0.1, 0.15) is 12.0 Å². The van der Waals surface area contributed by atoms with Crippen LogP contribution in [0.5, 0.6) is 11.5 Å². The number of hydrogen-bond acceptors (Lipinski definition) is 4. The van der Waals surface area contributed by atoms with Gasteiger partial charge >= 0.3 is 0 Å². The minimum absolute atomic E-state index is 0.0776. The van der Waals surface area contributed by atoms with Crippen molar-refractivity contribution < 1.29 is 14.6 Å². The molecule has 0 unspecified atom stereocenters. The van der Waals surface area contributed by atoms with Gasteiger partial charge < -0.3 is 20.5 Å². The number of aliphatic hydroxyl groups excluding tert-OH is 1. The van der Waals surface area contributed by atoms with Crippen LogP contribution in [0.3, 0.4) is 0 Å². The molecule has 3 N–H and O–H groups in total. The molecular formula is C18H20N2O3. The van der Waals surface area contributed by atoms with E-state index in [0.717, 1.165) is 17.1 Å². The molecule has 5 nitrogen and oxygen atoms in total. The zero-order valence-electron chi connectivity index (χ0n) is 12.7. The van der Waals surface area contributed by atoms with Crippen LogP contribution in [0, 0.1) is 0 Å². The van der Waals surface area contributed by atoms with E-state index in [-0.39, 0.29) is 11.9 Å². The average molecular weight is 312 g/mol. The summed E-state index contributed by atoms with van der Waals surface area (Å²) < 4.78 is 5.73. The first-order valence-electron chi connectivity index (χ1n) is 7.72. The molecule has 5 heteroatoms. The van der Waals surface area contributed by atoms with E-state index in [0.29, 0.717) is 19.5 Å². The van der Waals surface area contributed by atoms with Crippen molar-refractivity contribution in [1.29, 1.82) is 0 Å². The molecule has 3 rings (SSSR count). The number of β-amino-alcohol motifs (C(OH)–C–C–N with tert-alkyl or cyclic N) is 1. The molecule has 2 aromatic carbocycles. The smallest absolute Gasteiger partial charge is 0.237 e. The Morgan fingerprint density at radius 1 is 1.13 bits per heavy atom. The molecule has 0 saturated carbocycles. The van der Waals surface area contributed by atoms with Gasteiger partial charge in [-0.1, -0.05) is 30.3 Å². The number of nitrogens with one attached hydrogen (secondary N) is 2. The van der Waals surface area contributed by atoms with Gasteiger partial charge in [-0.3, -0.25) is 4.79 Å². The molecule has 2 atom stereocenters. The molecule has 0 bridgehead atoms. The molecule has 1 fully saturated rings. The molecule has 1 saturated heterocycles. The van der Waals surface area contributed by atoms with E-state index in [9.17, 15) is 9.90 Å². The molecule has 0 spiro atoms. The monoisotopic (exact) mass is 312 g/mol. The van der Waals surface area contributed by atoms with E-state index in [4.69, 9.17) is 4.74 Å². The van der Waals surface area contributed by atoms with Crippen LogP contribution >= 0.6 is 0 Å². The maximum absolute atomic E-state index is 12.0. The maximum Gasteiger partial charge on any atom is 0.237 e. The van der Waals surface area contributed by atoms with Gasteiger partial charge in [-0.25, -0.2) is 0 Å². The van der Waals surface area contributed by atoms with Gasteiger partial charge in [0.15, 0.2) is 0 Å². The summed E-state index contributed by atoms with van der Waals surface area (Å²) in [5, 5.41) is 15.3. The zero-order valence-corrected chi connectivity index (χ0v) is 12.7. The molecule has 2 aromatic rings. The Balaban J connectivity index is 1.50. The Labute approximate surface area is 135 Å². The molecular weight excluding hydrogens is 292 g/mol. The van der Waals surface area contributed by atoms with Gasteiger partial charge in [0.05, 0.1) is 12.1 Å². The zero-order chi connectivity index (χ0) is 16.1. The summed E-state index contributed by atoms with van der Waals surface area (Å²) in [5.41, 5.74) is 0.998. The summed E-state index contributed by atoms with van der Waals surface area (Å²) in [4.78, 5) is 12.0. The van der Waals surface area contributed by atoms with Crippen molar-refractivity contribution in [1.82, 2.24) is 10.6 Å². The first kappa shape index (κ1) is 15.5. The third-order valence-electron chi connectivity index (χ3n) is 3.79. The van der Waals surface area contributed by atoms with Crippen LogP contribution in [0.25, 0.3) is 0 Å². The van der Waals surface area contributed by atoms with Gasteiger partial charge in [-0.2, -0.15) is 0 Å². The summed E-state index contributed by atoms with van der Waals surface area (Å²) in [5.74, 6) is 1.47. The lowest BCUT2D eigenvalue weighted by atomic mass is 10.1. The number of para-hydroxylation sites is 1. The fourth-order valence-corrected chi connectivity index (χ4v) is 2.53. The summed E-state index contributed by atoms with van der Waals surface area (Å²) >= 11 is 0. The number of carbonyl (C=O) groups excluding carboxylic acids is 1. The van der Waals surface area contributed by atoms with Gasteiger partial charge in [0.25, 0.3) is 0 Å². The topological polar surface area (TPSA) is 70.6 Å². The van der Waals surface area contributed by atoms with E-state index in [1.165, 1.54) is 0 Å². The molecule has 0 aliphatic carbocycles. The predicted molar refractivity (Wildman–Crippen MR) is 87.2 cm³/mol. The maximum atomic E-state index is 12.0. The van der Waals surface area contributed by atoms with E-state index in [2.05, 4.69) is 10.6 Å². The Kier molecular flexibility index (Phi) is 4.90. The van der Waals surface area contributed by atoms with Crippen LogP contribution in [0.4, 0.5) is 0 Å². The van der Waals surface area contributed by atoms with Crippen molar-refractivity contribution in [3.05, 3.63) is 60.2 Å². The number of rotatable bonds is 5. The minimum Gasteiger partial charge on any atom is -0.457 e. The molecule has 1 heterocycles. The second-order valence-corrected chi connectivity index (χ2v) is 5.63. The second-order valence-electron chi connectivity index (χ2n) is 5.63. The van der Waals surface area contributed by atoms with E-state index in [1.807, 2.05) is 54.6 Å². The number of aliphatic hydroxyl groups is 1. The first-order valence-corrected chi connectivity index (χ1v) is 7.72.